The van der Waals surface area contributed by atoms with Crippen LogP contribution >= 0.6 is 0 Å². The number of anilines is 3. The molecule has 0 fully saturated rings. The maximum absolute atomic E-state index is 13.0. The van der Waals surface area contributed by atoms with Gasteiger partial charge in [-0.2, -0.15) is 0 Å². The first-order chi connectivity index (χ1) is 9.04. The van der Waals surface area contributed by atoms with Crippen LogP contribution in [-0.2, 0) is 6.42 Å². The molecule has 0 aromatic heterocycles. The molecular weight excluding hydrogens is 248 g/mol. The summed E-state index contributed by atoms with van der Waals surface area (Å²) in [5.74, 6) is -1.13. The van der Waals surface area contributed by atoms with Crippen LogP contribution in [0.4, 0.5) is 25.8 Å². The second kappa shape index (κ2) is 5.56. The van der Waals surface area contributed by atoms with Gasteiger partial charge in [0.2, 0.25) is 0 Å². The number of rotatable bonds is 4. The van der Waals surface area contributed by atoms with Crippen LogP contribution in [0.1, 0.15) is 5.56 Å². The summed E-state index contributed by atoms with van der Waals surface area (Å²) in [6, 6.07) is 8.74. The smallest absolute Gasteiger partial charge is 0.126 e. The van der Waals surface area contributed by atoms with Gasteiger partial charge in [-0.05, 0) is 42.3 Å². The standard InChI is InChI=1S/C14H15F2N3/c15-10-5-9(6-11(16)7-10)3-4-19-12-1-2-13(17)14(18)8-12/h1-2,5-8,19H,3-4,17-18H2. The first-order valence-corrected chi connectivity index (χ1v) is 5.88. The minimum atomic E-state index is -0.563. The lowest BCUT2D eigenvalue weighted by Gasteiger charge is -2.08. The van der Waals surface area contributed by atoms with Crippen molar-refractivity contribution < 1.29 is 8.78 Å². The number of benzene rings is 2. The van der Waals surface area contributed by atoms with Crippen molar-refractivity contribution in [3.8, 4) is 0 Å². The SMILES string of the molecule is Nc1ccc(NCCc2cc(F)cc(F)c2)cc1N. The van der Waals surface area contributed by atoms with Crippen LogP contribution < -0.4 is 16.8 Å². The molecule has 5 heteroatoms. The molecule has 0 unspecified atom stereocenters. The fourth-order valence-electron chi connectivity index (χ4n) is 1.79. The van der Waals surface area contributed by atoms with Gasteiger partial charge in [0, 0.05) is 18.3 Å². The molecule has 0 aliphatic heterocycles. The van der Waals surface area contributed by atoms with Gasteiger partial charge in [-0.15, -0.1) is 0 Å². The van der Waals surface area contributed by atoms with Crippen LogP contribution in [0.25, 0.3) is 0 Å². The Hall–Kier alpha value is -2.30. The van der Waals surface area contributed by atoms with E-state index in [1.807, 2.05) is 0 Å². The van der Waals surface area contributed by atoms with Crippen molar-refractivity contribution in [1.82, 2.24) is 0 Å². The van der Waals surface area contributed by atoms with E-state index in [9.17, 15) is 8.78 Å². The Bertz CT molecular complexity index is 565. The van der Waals surface area contributed by atoms with Crippen LogP contribution in [0.15, 0.2) is 36.4 Å². The molecule has 2 aromatic rings. The molecule has 0 aliphatic rings. The van der Waals surface area contributed by atoms with E-state index < -0.39 is 11.6 Å². The quantitative estimate of drug-likeness (QED) is 0.743. The molecule has 0 bridgehead atoms. The van der Waals surface area contributed by atoms with Crippen LogP contribution in [0.5, 0.6) is 0 Å². The number of nitrogen functional groups attached to an aromatic ring is 2. The van der Waals surface area contributed by atoms with E-state index in [0.29, 0.717) is 29.9 Å². The molecule has 0 atom stereocenters. The van der Waals surface area contributed by atoms with Gasteiger partial charge in [0.1, 0.15) is 11.6 Å². The highest BCUT2D eigenvalue weighted by Crippen LogP contribution is 2.19. The maximum Gasteiger partial charge on any atom is 0.126 e. The zero-order valence-corrected chi connectivity index (χ0v) is 10.3. The number of nitrogens with two attached hydrogens (primary N) is 2. The highest BCUT2D eigenvalue weighted by Gasteiger charge is 2.01. The first-order valence-electron chi connectivity index (χ1n) is 5.88. The van der Waals surface area contributed by atoms with Crippen molar-refractivity contribution in [2.24, 2.45) is 0 Å². The molecule has 0 spiro atoms. The third-order valence-electron chi connectivity index (χ3n) is 2.75. The highest BCUT2D eigenvalue weighted by atomic mass is 19.1. The Labute approximate surface area is 110 Å². The Morgan fingerprint density at radius 2 is 1.58 bits per heavy atom. The lowest BCUT2D eigenvalue weighted by atomic mass is 10.1. The van der Waals surface area contributed by atoms with Gasteiger partial charge < -0.3 is 16.8 Å². The summed E-state index contributed by atoms with van der Waals surface area (Å²) in [5, 5.41) is 3.12. The minimum absolute atomic E-state index is 0.502. The number of nitrogens with one attached hydrogen (secondary N) is 1. The predicted octanol–water partition coefficient (Wildman–Crippen LogP) is 2.78. The van der Waals surface area contributed by atoms with Crippen molar-refractivity contribution in [2.45, 2.75) is 6.42 Å². The fourth-order valence-corrected chi connectivity index (χ4v) is 1.79. The predicted molar refractivity (Wildman–Crippen MR) is 73.8 cm³/mol. The second-order valence-corrected chi connectivity index (χ2v) is 4.30. The van der Waals surface area contributed by atoms with Gasteiger partial charge >= 0.3 is 0 Å². The molecule has 0 aliphatic carbocycles. The Balaban J connectivity index is 1.94. The highest BCUT2D eigenvalue weighted by molar-refractivity contribution is 5.69. The van der Waals surface area contributed by atoms with Crippen LogP contribution in [-0.4, -0.2) is 6.54 Å². The van der Waals surface area contributed by atoms with Crippen LogP contribution in [0.3, 0.4) is 0 Å². The van der Waals surface area contributed by atoms with Gasteiger partial charge in [0.15, 0.2) is 0 Å². The van der Waals surface area contributed by atoms with E-state index in [2.05, 4.69) is 5.32 Å². The molecule has 5 N–H and O–H groups in total. The molecule has 0 radical (unpaired) electrons. The van der Waals surface area contributed by atoms with Gasteiger partial charge in [-0.25, -0.2) is 8.78 Å². The van der Waals surface area contributed by atoms with E-state index in [1.165, 1.54) is 12.1 Å². The molecule has 0 saturated heterocycles. The molecule has 2 aromatic carbocycles. The monoisotopic (exact) mass is 263 g/mol. The van der Waals surface area contributed by atoms with Crippen LogP contribution in [0, 0.1) is 11.6 Å². The zero-order chi connectivity index (χ0) is 13.8. The van der Waals surface area contributed by atoms with Gasteiger partial charge in [-0.3, -0.25) is 0 Å². The Morgan fingerprint density at radius 3 is 2.21 bits per heavy atom. The van der Waals surface area contributed by atoms with Gasteiger partial charge in [0.05, 0.1) is 11.4 Å². The molecule has 2 rings (SSSR count). The van der Waals surface area contributed by atoms with E-state index in [0.717, 1.165) is 11.8 Å². The average Bonchev–Trinajstić information content (AvgIpc) is 2.32. The molecule has 100 valence electrons. The third-order valence-corrected chi connectivity index (χ3v) is 2.75. The van der Waals surface area contributed by atoms with E-state index >= 15 is 0 Å². The number of halogens is 2. The summed E-state index contributed by atoms with van der Waals surface area (Å²) in [5.41, 5.74) is 13.7. The summed E-state index contributed by atoms with van der Waals surface area (Å²) in [7, 11) is 0. The van der Waals surface area contributed by atoms with Crippen molar-refractivity contribution in [3.05, 3.63) is 53.6 Å². The van der Waals surface area contributed by atoms with Crippen molar-refractivity contribution in [3.63, 3.8) is 0 Å². The van der Waals surface area contributed by atoms with Gasteiger partial charge in [-0.1, -0.05) is 0 Å². The van der Waals surface area contributed by atoms with Crippen molar-refractivity contribution in [1.29, 1.82) is 0 Å². The molecule has 0 saturated carbocycles. The Kier molecular flexibility index (Phi) is 3.85. The molecule has 3 nitrogen and oxygen atoms in total. The molecule has 19 heavy (non-hydrogen) atoms. The van der Waals surface area contributed by atoms with Crippen molar-refractivity contribution in [2.75, 3.05) is 23.3 Å². The van der Waals surface area contributed by atoms with Gasteiger partial charge in [0.25, 0.3) is 0 Å². The zero-order valence-electron chi connectivity index (χ0n) is 10.3. The average molecular weight is 263 g/mol. The summed E-state index contributed by atoms with van der Waals surface area (Å²) < 4.78 is 26.0. The number of hydrogen-bond acceptors (Lipinski definition) is 3. The summed E-state index contributed by atoms with van der Waals surface area (Å²) in [4.78, 5) is 0. The lowest BCUT2D eigenvalue weighted by molar-refractivity contribution is 0.580. The van der Waals surface area contributed by atoms with E-state index in [-0.39, 0.29) is 0 Å². The summed E-state index contributed by atoms with van der Waals surface area (Å²) >= 11 is 0. The van der Waals surface area contributed by atoms with Crippen LogP contribution in [0.2, 0.25) is 0 Å². The largest absolute Gasteiger partial charge is 0.397 e. The summed E-state index contributed by atoms with van der Waals surface area (Å²) in [6.07, 6.45) is 0.513. The maximum atomic E-state index is 13.0. The second-order valence-electron chi connectivity index (χ2n) is 4.30. The van der Waals surface area contributed by atoms with E-state index in [4.69, 9.17) is 11.5 Å². The minimum Gasteiger partial charge on any atom is -0.397 e. The fraction of sp³-hybridized carbons (Fsp3) is 0.143. The lowest BCUT2D eigenvalue weighted by Crippen LogP contribution is -2.06. The molecule has 0 heterocycles. The Morgan fingerprint density at radius 1 is 0.895 bits per heavy atom. The third kappa shape index (κ3) is 3.58. The van der Waals surface area contributed by atoms with Crippen molar-refractivity contribution >= 4 is 17.1 Å². The first kappa shape index (κ1) is 13.1. The summed E-state index contributed by atoms with van der Waals surface area (Å²) in [6.45, 7) is 0.548. The number of hydrogen-bond donors (Lipinski definition) is 3. The normalized spacial score (nSPS) is 10.4. The topological polar surface area (TPSA) is 64.1 Å². The molecule has 0 amide bonds. The molecular formula is C14H15F2N3. The van der Waals surface area contributed by atoms with E-state index in [1.54, 1.807) is 18.2 Å².